The molecule has 82 valence electrons. The molecule has 0 spiro atoms. The summed E-state index contributed by atoms with van der Waals surface area (Å²) in [5, 5.41) is -0.456. The van der Waals surface area contributed by atoms with Gasteiger partial charge in [0.05, 0.1) is 6.10 Å². The molecule has 2 heterocycles. The summed E-state index contributed by atoms with van der Waals surface area (Å²) in [6.07, 6.45) is 1.21. The van der Waals surface area contributed by atoms with Gasteiger partial charge in [0, 0.05) is 0 Å². The summed E-state index contributed by atoms with van der Waals surface area (Å²) < 4.78 is 34.0. The molecule has 0 bridgehead atoms. The fraction of sp³-hybridized carbons (Fsp3) is 1.00. The lowest BCUT2D eigenvalue weighted by Gasteiger charge is -2.23. The van der Waals surface area contributed by atoms with Gasteiger partial charge in [0.2, 0.25) is 0 Å². The molecular weight excluding hydrogens is 204 g/mol. The van der Waals surface area contributed by atoms with E-state index in [1.165, 1.54) is 0 Å². The van der Waals surface area contributed by atoms with Crippen LogP contribution >= 0.6 is 0 Å². The number of hydrogen-bond acceptors (Lipinski definition) is 4. The summed E-state index contributed by atoms with van der Waals surface area (Å²) in [6.45, 7) is 5.55. The second-order valence-electron chi connectivity index (χ2n) is 4.54. The van der Waals surface area contributed by atoms with Gasteiger partial charge in [-0.05, 0) is 26.7 Å². The maximum absolute atomic E-state index is 11.6. The quantitative estimate of drug-likeness (QED) is 0.620. The minimum absolute atomic E-state index is 0.0722. The van der Waals surface area contributed by atoms with Crippen LogP contribution in [0, 0.1) is 0 Å². The summed E-state index contributed by atoms with van der Waals surface area (Å²) in [5.74, 6) is 0. The Balaban J connectivity index is 2.31. The van der Waals surface area contributed by atoms with E-state index in [-0.39, 0.29) is 12.2 Å². The number of fused-ring (bicyclic) bond motifs is 1. The van der Waals surface area contributed by atoms with Crippen molar-refractivity contribution in [1.29, 1.82) is 0 Å². The second-order valence-corrected chi connectivity index (χ2v) is 6.30. The van der Waals surface area contributed by atoms with Gasteiger partial charge in [0.1, 0.15) is 17.0 Å². The second kappa shape index (κ2) is 2.93. The normalized spacial score (nSPS) is 43.8. The summed E-state index contributed by atoms with van der Waals surface area (Å²) in [5.41, 5.74) is -0.701. The third-order valence-corrected chi connectivity index (χ3v) is 4.86. The van der Waals surface area contributed by atoms with Gasteiger partial charge in [-0.1, -0.05) is 6.92 Å². The van der Waals surface area contributed by atoms with Crippen LogP contribution in [0.25, 0.3) is 0 Å². The van der Waals surface area contributed by atoms with Crippen molar-refractivity contribution >= 4 is 10.1 Å². The van der Waals surface area contributed by atoms with Crippen LogP contribution in [0.15, 0.2) is 0 Å². The molecule has 0 aromatic rings. The van der Waals surface area contributed by atoms with Gasteiger partial charge in [-0.3, -0.25) is 4.18 Å². The van der Waals surface area contributed by atoms with E-state index in [9.17, 15) is 8.42 Å². The molecular formula is C9H16O4S. The Labute approximate surface area is 84.7 Å². The third-order valence-electron chi connectivity index (χ3n) is 3.01. The molecule has 0 aromatic heterocycles. The maximum atomic E-state index is 11.6. The summed E-state index contributed by atoms with van der Waals surface area (Å²) in [6, 6.07) is 0. The van der Waals surface area contributed by atoms with Crippen LogP contribution in [0.3, 0.4) is 0 Å². The molecule has 0 amide bonds. The Morgan fingerprint density at radius 2 is 2.07 bits per heavy atom. The summed E-state index contributed by atoms with van der Waals surface area (Å²) in [4.78, 5) is 0. The van der Waals surface area contributed by atoms with Gasteiger partial charge in [-0.25, -0.2) is 0 Å². The Morgan fingerprint density at radius 3 is 2.57 bits per heavy atom. The van der Waals surface area contributed by atoms with Gasteiger partial charge in [0.25, 0.3) is 10.1 Å². The molecule has 2 aliphatic rings. The maximum Gasteiger partial charge on any atom is 0.273 e. The van der Waals surface area contributed by atoms with E-state index >= 15 is 0 Å². The smallest absolute Gasteiger partial charge is 0.273 e. The van der Waals surface area contributed by atoms with Crippen molar-refractivity contribution in [1.82, 2.24) is 0 Å². The van der Waals surface area contributed by atoms with E-state index in [1.807, 2.05) is 6.92 Å². The van der Waals surface area contributed by atoms with Gasteiger partial charge >= 0.3 is 0 Å². The summed E-state index contributed by atoms with van der Waals surface area (Å²) in [7, 11) is -3.40. The fourth-order valence-corrected chi connectivity index (χ4v) is 4.25. The van der Waals surface area contributed by atoms with E-state index in [1.54, 1.807) is 13.8 Å². The zero-order valence-electron chi connectivity index (χ0n) is 8.69. The minimum Gasteiger partial charge on any atom is -0.370 e. The lowest BCUT2D eigenvalue weighted by Crippen LogP contribution is -2.36. The van der Waals surface area contributed by atoms with Gasteiger partial charge in [-0.15, -0.1) is 0 Å². The number of hydrogen-bond donors (Lipinski definition) is 0. The Bertz CT molecular complexity index is 333. The molecule has 2 saturated heterocycles. The van der Waals surface area contributed by atoms with E-state index in [2.05, 4.69) is 0 Å². The van der Waals surface area contributed by atoms with E-state index in [4.69, 9.17) is 8.92 Å². The molecule has 3 atom stereocenters. The lowest BCUT2D eigenvalue weighted by atomic mass is 9.99. The monoisotopic (exact) mass is 220 g/mol. The highest BCUT2D eigenvalue weighted by atomic mass is 32.2. The van der Waals surface area contributed by atoms with Crippen LogP contribution in [0.2, 0.25) is 0 Å². The minimum atomic E-state index is -3.40. The van der Waals surface area contributed by atoms with Crippen molar-refractivity contribution in [3.63, 3.8) is 0 Å². The molecule has 0 N–H and O–H groups in total. The van der Waals surface area contributed by atoms with E-state index < -0.39 is 21.0 Å². The molecule has 2 rings (SSSR count). The highest BCUT2D eigenvalue weighted by molar-refractivity contribution is 7.87. The molecule has 0 saturated carbocycles. The highest BCUT2D eigenvalue weighted by Crippen LogP contribution is 2.43. The van der Waals surface area contributed by atoms with Crippen molar-refractivity contribution in [3.05, 3.63) is 0 Å². The van der Waals surface area contributed by atoms with Crippen LogP contribution in [0.5, 0.6) is 0 Å². The van der Waals surface area contributed by atoms with Crippen molar-refractivity contribution in [2.45, 2.75) is 56.7 Å². The Morgan fingerprint density at radius 1 is 1.43 bits per heavy atom. The van der Waals surface area contributed by atoms with Crippen LogP contribution in [-0.4, -0.2) is 31.5 Å². The van der Waals surface area contributed by atoms with Gasteiger partial charge in [-0.2, -0.15) is 8.42 Å². The fourth-order valence-electron chi connectivity index (χ4n) is 2.29. The number of ether oxygens (including phenoxy) is 1. The molecule has 0 radical (unpaired) electrons. The Kier molecular flexibility index (Phi) is 2.18. The van der Waals surface area contributed by atoms with Crippen LogP contribution in [-0.2, 0) is 19.0 Å². The van der Waals surface area contributed by atoms with Gasteiger partial charge < -0.3 is 4.74 Å². The van der Waals surface area contributed by atoms with Gasteiger partial charge in [0.15, 0.2) is 0 Å². The average Bonchev–Trinajstić information content (AvgIpc) is 2.51. The molecule has 0 aliphatic carbocycles. The molecule has 5 heteroatoms. The molecule has 0 aromatic carbocycles. The van der Waals surface area contributed by atoms with E-state index in [0.29, 0.717) is 6.42 Å². The largest absolute Gasteiger partial charge is 0.370 e. The molecule has 2 fully saturated rings. The third kappa shape index (κ3) is 1.38. The predicted octanol–water partition coefficient (Wildman–Crippen LogP) is 1.06. The Hall–Kier alpha value is -0.130. The van der Waals surface area contributed by atoms with Crippen molar-refractivity contribution in [2.24, 2.45) is 0 Å². The molecule has 4 nitrogen and oxygen atoms in total. The highest BCUT2D eigenvalue weighted by Gasteiger charge is 2.58. The average molecular weight is 220 g/mol. The first-order valence-electron chi connectivity index (χ1n) is 4.97. The topological polar surface area (TPSA) is 52.6 Å². The lowest BCUT2D eigenvalue weighted by molar-refractivity contribution is -0.0484. The molecule has 2 aliphatic heterocycles. The van der Waals surface area contributed by atoms with Crippen molar-refractivity contribution in [2.75, 3.05) is 0 Å². The zero-order chi connectivity index (χ0) is 10.6. The first-order valence-corrected chi connectivity index (χ1v) is 6.44. The van der Waals surface area contributed by atoms with E-state index in [0.717, 1.165) is 6.42 Å². The number of rotatable bonds is 1. The molecule has 3 unspecified atom stereocenters. The van der Waals surface area contributed by atoms with Crippen molar-refractivity contribution < 1.29 is 17.3 Å². The standard InChI is InChI=1S/C9H16O4S/c1-4-6-5-7-8(12-6)9(2,3)13-14(7,10)11/h6-8H,4-5H2,1-3H3. The summed E-state index contributed by atoms with van der Waals surface area (Å²) >= 11 is 0. The predicted molar refractivity (Wildman–Crippen MR) is 51.4 cm³/mol. The van der Waals surface area contributed by atoms with Crippen LogP contribution in [0.4, 0.5) is 0 Å². The molecule has 14 heavy (non-hydrogen) atoms. The zero-order valence-corrected chi connectivity index (χ0v) is 9.50. The SMILES string of the molecule is CCC1CC2C(O1)C(C)(C)OS2(=O)=O. The van der Waals surface area contributed by atoms with Crippen molar-refractivity contribution in [3.8, 4) is 0 Å². The van der Waals surface area contributed by atoms with Crippen LogP contribution < -0.4 is 0 Å². The first-order chi connectivity index (χ1) is 6.37. The van der Waals surface area contributed by atoms with Crippen LogP contribution in [0.1, 0.15) is 33.6 Å². The first kappa shape index (κ1) is 10.4.